The molecular weight excluding hydrogens is 262 g/mol. The minimum atomic E-state index is -0.0772. The van der Waals surface area contributed by atoms with Gasteiger partial charge in [-0.3, -0.25) is 9.59 Å². The fraction of sp³-hybridized carbons (Fsp3) is 0.222. The van der Waals surface area contributed by atoms with E-state index in [-0.39, 0.29) is 17.6 Å². The number of carbonyl (C=O) groups is 2. The van der Waals surface area contributed by atoms with Crippen molar-refractivity contribution in [3.05, 3.63) is 64.7 Å². The second-order valence-electron chi connectivity index (χ2n) is 5.39. The van der Waals surface area contributed by atoms with Crippen molar-refractivity contribution in [2.45, 2.75) is 26.3 Å². The van der Waals surface area contributed by atoms with Gasteiger partial charge in [-0.2, -0.15) is 0 Å². The quantitative estimate of drug-likeness (QED) is 0.795. The zero-order chi connectivity index (χ0) is 15.0. The maximum absolute atomic E-state index is 12.8. The Bertz CT molecular complexity index is 734. The van der Waals surface area contributed by atoms with Gasteiger partial charge in [-0.15, -0.1) is 0 Å². The van der Waals surface area contributed by atoms with Crippen molar-refractivity contribution in [2.24, 2.45) is 0 Å². The van der Waals surface area contributed by atoms with Gasteiger partial charge in [0.25, 0.3) is 0 Å². The molecule has 0 fully saturated rings. The normalized spacial score (nSPS) is 14.4. The van der Waals surface area contributed by atoms with Crippen LogP contribution in [-0.4, -0.2) is 17.6 Å². The molecule has 1 unspecified atom stereocenters. The van der Waals surface area contributed by atoms with Crippen LogP contribution >= 0.6 is 0 Å². The predicted molar refractivity (Wildman–Crippen MR) is 83.1 cm³/mol. The van der Waals surface area contributed by atoms with Gasteiger partial charge in [0, 0.05) is 28.4 Å². The molecule has 21 heavy (non-hydrogen) atoms. The van der Waals surface area contributed by atoms with Crippen LogP contribution in [0.1, 0.15) is 52.1 Å². The number of hydrogen-bond acceptors (Lipinski definition) is 3. The average Bonchev–Trinajstić information content (AvgIpc) is 2.52. The molecule has 106 valence electrons. The van der Waals surface area contributed by atoms with Crippen molar-refractivity contribution >= 4 is 17.3 Å². The van der Waals surface area contributed by atoms with Crippen LogP contribution in [0.5, 0.6) is 0 Å². The molecule has 3 nitrogen and oxygen atoms in total. The largest absolute Gasteiger partial charge is 0.382 e. The molecule has 0 radical (unpaired) electrons. The fourth-order valence-corrected chi connectivity index (χ4v) is 2.63. The van der Waals surface area contributed by atoms with Crippen molar-refractivity contribution in [1.82, 2.24) is 0 Å². The molecule has 1 aliphatic carbocycles. The fourth-order valence-electron chi connectivity index (χ4n) is 2.63. The Balaban J connectivity index is 2.16. The van der Waals surface area contributed by atoms with Gasteiger partial charge >= 0.3 is 0 Å². The molecule has 0 aliphatic heterocycles. The maximum atomic E-state index is 12.8. The molecule has 0 saturated carbocycles. The van der Waals surface area contributed by atoms with Gasteiger partial charge in [0.15, 0.2) is 11.6 Å². The van der Waals surface area contributed by atoms with Gasteiger partial charge in [0.1, 0.15) is 0 Å². The molecule has 2 aromatic rings. The van der Waals surface area contributed by atoms with Crippen molar-refractivity contribution in [3.63, 3.8) is 0 Å². The smallest absolute Gasteiger partial charge is 0.196 e. The molecule has 0 amide bonds. The molecule has 0 spiro atoms. The lowest BCUT2D eigenvalue weighted by atomic mass is 9.83. The van der Waals surface area contributed by atoms with Gasteiger partial charge in [0.2, 0.25) is 0 Å². The number of benzene rings is 2. The Labute approximate surface area is 124 Å². The topological polar surface area (TPSA) is 46.2 Å². The molecule has 1 N–H and O–H groups in total. The maximum Gasteiger partial charge on any atom is 0.196 e. The van der Waals surface area contributed by atoms with Crippen LogP contribution < -0.4 is 5.32 Å². The van der Waals surface area contributed by atoms with E-state index in [4.69, 9.17) is 0 Å². The van der Waals surface area contributed by atoms with Crippen LogP contribution in [0.15, 0.2) is 42.5 Å². The molecule has 0 bridgehead atoms. The second-order valence-corrected chi connectivity index (χ2v) is 5.39. The highest BCUT2D eigenvalue weighted by Crippen LogP contribution is 2.32. The summed E-state index contributed by atoms with van der Waals surface area (Å²) in [6.07, 6.45) is 0.947. The molecular formula is C18H17NO2. The minimum Gasteiger partial charge on any atom is -0.382 e. The van der Waals surface area contributed by atoms with E-state index in [1.165, 1.54) is 0 Å². The number of carbonyl (C=O) groups excluding carboxylic acids is 2. The number of nitrogens with one attached hydrogen (secondary N) is 1. The van der Waals surface area contributed by atoms with Crippen LogP contribution in [0.3, 0.4) is 0 Å². The summed E-state index contributed by atoms with van der Waals surface area (Å²) >= 11 is 0. The van der Waals surface area contributed by atoms with Crippen LogP contribution in [0.2, 0.25) is 0 Å². The standard InChI is InChI=1S/C18H17NO2/c1-3-11(2)19-15-10-6-9-14-16(15)18(21)13-8-5-4-7-12(13)17(14)20/h4-11,19H,3H2,1-2H3. The van der Waals surface area contributed by atoms with E-state index in [1.54, 1.807) is 30.3 Å². The van der Waals surface area contributed by atoms with Crippen molar-refractivity contribution < 1.29 is 9.59 Å². The zero-order valence-electron chi connectivity index (χ0n) is 12.1. The summed E-state index contributed by atoms with van der Waals surface area (Å²) in [6.45, 7) is 4.14. The van der Waals surface area contributed by atoms with E-state index in [2.05, 4.69) is 19.2 Å². The average molecular weight is 279 g/mol. The molecule has 1 aliphatic rings. The van der Waals surface area contributed by atoms with E-state index in [0.29, 0.717) is 22.3 Å². The van der Waals surface area contributed by atoms with Crippen molar-refractivity contribution in [2.75, 3.05) is 5.32 Å². The van der Waals surface area contributed by atoms with Crippen LogP contribution in [0.4, 0.5) is 5.69 Å². The van der Waals surface area contributed by atoms with Gasteiger partial charge in [-0.05, 0) is 19.4 Å². The van der Waals surface area contributed by atoms with Gasteiger partial charge in [-0.1, -0.05) is 43.3 Å². The van der Waals surface area contributed by atoms with Gasteiger partial charge in [-0.25, -0.2) is 0 Å². The molecule has 3 heteroatoms. The Kier molecular flexibility index (Phi) is 3.34. The summed E-state index contributed by atoms with van der Waals surface area (Å²) in [5.74, 6) is -0.153. The third kappa shape index (κ3) is 2.15. The predicted octanol–water partition coefficient (Wildman–Crippen LogP) is 3.67. The van der Waals surface area contributed by atoms with E-state index in [9.17, 15) is 9.59 Å². The lowest BCUT2D eigenvalue weighted by Crippen LogP contribution is -2.24. The number of anilines is 1. The summed E-state index contributed by atoms with van der Waals surface area (Å²) in [4.78, 5) is 25.3. The van der Waals surface area contributed by atoms with Gasteiger partial charge in [0.05, 0.1) is 5.56 Å². The molecule has 0 aromatic heterocycles. The highest BCUT2D eigenvalue weighted by atomic mass is 16.1. The Morgan fingerprint density at radius 1 is 0.905 bits per heavy atom. The Morgan fingerprint density at radius 3 is 2.19 bits per heavy atom. The first kappa shape index (κ1) is 13.6. The first-order valence-electron chi connectivity index (χ1n) is 7.21. The third-order valence-electron chi connectivity index (χ3n) is 3.97. The van der Waals surface area contributed by atoms with Crippen LogP contribution in [0, 0.1) is 0 Å². The monoisotopic (exact) mass is 279 g/mol. The lowest BCUT2D eigenvalue weighted by Gasteiger charge is -2.22. The van der Waals surface area contributed by atoms with Crippen molar-refractivity contribution in [3.8, 4) is 0 Å². The SMILES string of the molecule is CCC(C)Nc1cccc2c1C(=O)c1ccccc1C2=O. The third-order valence-corrected chi connectivity index (χ3v) is 3.97. The summed E-state index contributed by atoms with van der Waals surface area (Å²) in [6, 6.07) is 12.7. The summed E-state index contributed by atoms with van der Waals surface area (Å²) in [5.41, 5.74) is 2.73. The molecule has 0 heterocycles. The van der Waals surface area contributed by atoms with Crippen molar-refractivity contribution in [1.29, 1.82) is 0 Å². The first-order valence-corrected chi connectivity index (χ1v) is 7.21. The first-order chi connectivity index (χ1) is 10.1. The number of ketones is 2. The summed E-state index contributed by atoms with van der Waals surface area (Å²) in [5, 5.41) is 3.33. The minimum absolute atomic E-state index is 0.0759. The Morgan fingerprint density at radius 2 is 1.52 bits per heavy atom. The Hall–Kier alpha value is -2.42. The van der Waals surface area contributed by atoms with E-state index < -0.39 is 0 Å². The lowest BCUT2D eigenvalue weighted by molar-refractivity contribution is 0.0979. The summed E-state index contributed by atoms with van der Waals surface area (Å²) in [7, 11) is 0. The number of rotatable bonds is 3. The van der Waals surface area contributed by atoms with E-state index >= 15 is 0 Å². The zero-order valence-corrected chi connectivity index (χ0v) is 12.1. The molecule has 2 aromatic carbocycles. The van der Waals surface area contributed by atoms with E-state index in [0.717, 1.165) is 12.1 Å². The number of hydrogen-bond donors (Lipinski definition) is 1. The van der Waals surface area contributed by atoms with E-state index in [1.807, 2.05) is 12.1 Å². The van der Waals surface area contributed by atoms with Gasteiger partial charge < -0.3 is 5.32 Å². The van der Waals surface area contributed by atoms with Crippen LogP contribution in [-0.2, 0) is 0 Å². The highest BCUT2D eigenvalue weighted by Gasteiger charge is 2.31. The highest BCUT2D eigenvalue weighted by molar-refractivity contribution is 6.30. The number of fused-ring (bicyclic) bond motifs is 2. The molecule has 3 rings (SSSR count). The summed E-state index contributed by atoms with van der Waals surface area (Å²) < 4.78 is 0. The second kappa shape index (κ2) is 5.17. The molecule has 1 atom stereocenters. The molecule has 0 saturated heterocycles. The van der Waals surface area contributed by atoms with Crippen LogP contribution in [0.25, 0.3) is 0 Å².